The Hall–Kier alpha value is -3.59. The van der Waals surface area contributed by atoms with E-state index in [2.05, 4.69) is 10.3 Å². The first kappa shape index (κ1) is 14.4. The Morgan fingerprint density at radius 1 is 1.22 bits per heavy atom. The van der Waals surface area contributed by atoms with Crippen molar-refractivity contribution in [3.8, 4) is 6.07 Å². The second-order valence-electron chi connectivity index (χ2n) is 4.65. The van der Waals surface area contributed by atoms with E-state index < -0.39 is 5.97 Å². The molecule has 0 atom stereocenters. The van der Waals surface area contributed by atoms with Crippen molar-refractivity contribution in [1.29, 1.82) is 5.26 Å². The van der Waals surface area contributed by atoms with E-state index in [1.54, 1.807) is 30.3 Å². The lowest BCUT2D eigenvalue weighted by Crippen LogP contribution is -2.02. The lowest BCUT2D eigenvalue weighted by molar-refractivity contribution is 0.0698. The summed E-state index contributed by atoms with van der Waals surface area (Å²) in [5, 5.41) is 21.3. The van der Waals surface area contributed by atoms with Crippen LogP contribution in [0.2, 0.25) is 0 Å². The average Bonchev–Trinajstić information content (AvgIpc) is 2.99. The van der Waals surface area contributed by atoms with E-state index in [1.165, 1.54) is 12.3 Å². The second kappa shape index (κ2) is 6.03. The second-order valence-corrected chi connectivity index (χ2v) is 4.65. The summed E-state index contributed by atoms with van der Waals surface area (Å²) in [5.74, 6) is -0.879. The van der Waals surface area contributed by atoms with Gasteiger partial charge >= 0.3 is 5.97 Å². The maximum Gasteiger partial charge on any atom is 0.337 e. The minimum absolute atomic E-state index is 0.110. The number of hydrogen-bond acceptors (Lipinski definition) is 5. The molecule has 0 amide bonds. The number of hydrogen-bond donors (Lipinski definition) is 2. The number of aromatic carboxylic acids is 1. The number of para-hydroxylation sites is 3. The van der Waals surface area contributed by atoms with Crippen molar-refractivity contribution in [3.63, 3.8) is 0 Å². The zero-order valence-corrected chi connectivity index (χ0v) is 11.9. The third-order valence-corrected chi connectivity index (χ3v) is 3.17. The third kappa shape index (κ3) is 2.89. The molecule has 23 heavy (non-hydrogen) atoms. The molecular formula is C17H11N3O3. The number of oxazole rings is 1. The average molecular weight is 305 g/mol. The fourth-order valence-corrected chi connectivity index (χ4v) is 2.07. The van der Waals surface area contributed by atoms with Gasteiger partial charge in [-0.25, -0.2) is 9.78 Å². The van der Waals surface area contributed by atoms with Crippen LogP contribution in [0.5, 0.6) is 0 Å². The summed E-state index contributed by atoms with van der Waals surface area (Å²) < 4.78 is 5.53. The Morgan fingerprint density at radius 2 is 1.96 bits per heavy atom. The van der Waals surface area contributed by atoms with Gasteiger partial charge in [0.05, 0.1) is 11.3 Å². The summed E-state index contributed by atoms with van der Waals surface area (Å²) in [6.07, 6.45) is 1.38. The smallest absolute Gasteiger partial charge is 0.337 e. The zero-order valence-electron chi connectivity index (χ0n) is 11.9. The van der Waals surface area contributed by atoms with Crippen molar-refractivity contribution in [2.75, 3.05) is 5.32 Å². The van der Waals surface area contributed by atoms with Gasteiger partial charge in [0.2, 0.25) is 5.89 Å². The fraction of sp³-hybridized carbons (Fsp3) is 0. The van der Waals surface area contributed by atoms with Crippen molar-refractivity contribution in [2.45, 2.75) is 0 Å². The molecule has 0 aliphatic heterocycles. The molecule has 0 unspecified atom stereocenters. The third-order valence-electron chi connectivity index (χ3n) is 3.17. The van der Waals surface area contributed by atoms with E-state index in [1.807, 2.05) is 18.2 Å². The predicted molar refractivity (Wildman–Crippen MR) is 84.6 cm³/mol. The summed E-state index contributed by atoms with van der Waals surface area (Å²) >= 11 is 0. The van der Waals surface area contributed by atoms with Crippen molar-refractivity contribution < 1.29 is 14.3 Å². The van der Waals surface area contributed by atoms with Crippen LogP contribution < -0.4 is 5.32 Å². The van der Waals surface area contributed by atoms with Crippen LogP contribution in [-0.4, -0.2) is 16.1 Å². The van der Waals surface area contributed by atoms with E-state index in [0.717, 1.165) is 0 Å². The summed E-state index contributed by atoms with van der Waals surface area (Å²) in [4.78, 5) is 15.4. The minimum atomic E-state index is -1.05. The van der Waals surface area contributed by atoms with Crippen molar-refractivity contribution >= 4 is 28.3 Å². The van der Waals surface area contributed by atoms with Crippen LogP contribution in [0, 0.1) is 11.3 Å². The number of nitrogens with zero attached hydrogens (tertiary/aromatic N) is 2. The highest BCUT2D eigenvalue weighted by Crippen LogP contribution is 2.21. The van der Waals surface area contributed by atoms with Gasteiger partial charge in [0.25, 0.3) is 0 Å². The van der Waals surface area contributed by atoms with Gasteiger partial charge in [-0.3, -0.25) is 0 Å². The first-order valence-electron chi connectivity index (χ1n) is 6.74. The number of anilines is 1. The number of carbonyl (C=O) groups is 1. The number of allylic oxidation sites excluding steroid dienone is 1. The molecule has 1 aromatic heterocycles. The molecule has 0 radical (unpaired) electrons. The molecule has 112 valence electrons. The predicted octanol–water partition coefficient (Wildman–Crippen LogP) is 3.50. The van der Waals surface area contributed by atoms with Crippen LogP contribution in [0.25, 0.3) is 16.7 Å². The monoisotopic (exact) mass is 305 g/mol. The van der Waals surface area contributed by atoms with Gasteiger partial charge in [-0.2, -0.15) is 5.26 Å². The Balaban J connectivity index is 1.94. The number of carboxylic acid groups (broad SMARTS) is 1. The van der Waals surface area contributed by atoms with Crippen LogP contribution in [0.4, 0.5) is 5.69 Å². The largest absolute Gasteiger partial charge is 0.478 e. The molecule has 3 rings (SSSR count). The van der Waals surface area contributed by atoms with E-state index >= 15 is 0 Å². The molecule has 2 aromatic carbocycles. The first-order valence-corrected chi connectivity index (χ1v) is 6.74. The summed E-state index contributed by atoms with van der Waals surface area (Å²) in [5.41, 5.74) is 1.88. The highest BCUT2D eigenvalue weighted by molar-refractivity contribution is 5.94. The Labute approximate surface area is 131 Å². The number of benzene rings is 2. The van der Waals surface area contributed by atoms with Crippen LogP contribution >= 0.6 is 0 Å². The molecule has 6 nitrogen and oxygen atoms in total. The first-order chi connectivity index (χ1) is 11.2. The van der Waals surface area contributed by atoms with Gasteiger partial charge in [0, 0.05) is 6.20 Å². The normalized spacial score (nSPS) is 11.2. The van der Waals surface area contributed by atoms with Crippen LogP contribution in [0.15, 0.2) is 59.1 Å². The minimum Gasteiger partial charge on any atom is -0.478 e. The quantitative estimate of drug-likeness (QED) is 0.716. The molecule has 0 aliphatic carbocycles. The molecule has 6 heteroatoms. The Bertz CT molecular complexity index is 918. The van der Waals surface area contributed by atoms with Gasteiger partial charge in [0.15, 0.2) is 5.58 Å². The molecule has 0 spiro atoms. The van der Waals surface area contributed by atoms with Gasteiger partial charge in [0.1, 0.15) is 17.2 Å². The number of nitriles is 1. The van der Waals surface area contributed by atoms with E-state index in [-0.39, 0.29) is 17.0 Å². The molecule has 0 bridgehead atoms. The standard InChI is InChI=1S/C17H11N3O3/c18-9-11(16-20-14-7-3-4-8-15(14)23-16)10-19-13-6-2-1-5-12(13)17(21)22/h1-8,10,19H,(H,21,22). The number of fused-ring (bicyclic) bond motifs is 1. The van der Waals surface area contributed by atoms with Crippen molar-refractivity contribution in [3.05, 3.63) is 66.2 Å². The Kier molecular flexibility index (Phi) is 3.77. The van der Waals surface area contributed by atoms with Gasteiger partial charge in [-0.05, 0) is 24.3 Å². The highest BCUT2D eigenvalue weighted by atomic mass is 16.4. The zero-order chi connectivity index (χ0) is 16.2. The summed E-state index contributed by atoms with van der Waals surface area (Å²) in [6.45, 7) is 0. The lowest BCUT2D eigenvalue weighted by atomic mass is 10.2. The maximum absolute atomic E-state index is 11.2. The number of rotatable bonds is 4. The van der Waals surface area contributed by atoms with E-state index in [0.29, 0.717) is 16.8 Å². The van der Waals surface area contributed by atoms with Crippen LogP contribution in [0.3, 0.4) is 0 Å². The number of nitrogens with one attached hydrogen (secondary N) is 1. The molecule has 0 fully saturated rings. The fourth-order valence-electron chi connectivity index (χ4n) is 2.07. The lowest BCUT2D eigenvalue weighted by Gasteiger charge is -2.05. The van der Waals surface area contributed by atoms with Crippen molar-refractivity contribution in [2.24, 2.45) is 0 Å². The van der Waals surface area contributed by atoms with E-state index in [9.17, 15) is 10.1 Å². The molecule has 0 saturated carbocycles. The molecule has 0 saturated heterocycles. The topological polar surface area (TPSA) is 99.2 Å². The molecule has 1 heterocycles. The van der Waals surface area contributed by atoms with Gasteiger partial charge in [-0.15, -0.1) is 0 Å². The molecule has 2 N–H and O–H groups in total. The van der Waals surface area contributed by atoms with Gasteiger partial charge in [-0.1, -0.05) is 24.3 Å². The summed E-state index contributed by atoms with van der Waals surface area (Å²) in [7, 11) is 0. The van der Waals surface area contributed by atoms with E-state index in [4.69, 9.17) is 9.52 Å². The number of aromatic nitrogens is 1. The maximum atomic E-state index is 11.2. The SMILES string of the molecule is N#CC(=CNc1ccccc1C(=O)O)c1nc2ccccc2o1. The van der Waals surface area contributed by atoms with Gasteiger partial charge < -0.3 is 14.8 Å². The molecule has 3 aromatic rings. The Morgan fingerprint density at radius 3 is 2.70 bits per heavy atom. The highest BCUT2D eigenvalue weighted by Gasteiger charge is 2.12. The van der Waals surface area contributed by atoms with Crippen molar-refractivity contribution in [1.82, 2.24) is 4.98 Å². The van der Waals surface area contributed by atoms with Crippen LogP contribution in [-0.2, 0) is 0 Å². The molecular weight excluding hydrogens is 294 g/mol. The number of carboxylic acids is 1. The van der Waals surface area contributed by atoms with Crippen LogP contribution in [0.1, 0.15) is 16.2 Å². The summed E-state index contributed by atoms with van der Waals surface area (Å²) in [6, 6.07) is 15.6. The molecule has 0 aliphatic rings.